The number of rotatable bonds is 6. The molecule has 0 saturated carbocycles. The van der Waals surface area contributed by atoms with Crippen molar-refractivity contribution in [2.24, 2.45) is 0 Å². The fourth-order valence-electron chi connectivity index (χ4n) is 0.827. The van der Waals surface area contributed by atoms with E-state index in [1.54, 1.807) is 12.2 Å². The van der Waals surface area contributed by atoms with Gasteiger partial charge in [0.25, 0.3) is 0 Å². The van der Waals surface area contributed by atoms with Crippen LogP contribution in [0.15, 0.2) is 12.2 Å². The van der Waals surface area contributed by atoms with Crippen LogP contribution in [0.25, 0.3) is 0 Å². The Morgan fingerprint density at radius 3 is 2.62 bits per heavy atom. The first-order valence-corrected chi connectivity index (χ1v) is 6.21. The van der Waals surface area contributed by atoms with Gasteiger partial charge < -0.3 is 10.1 Å². The highest BCUT2D eigenvalue weighted by molar-refractivity contribution is 6.67. The zero-order valence-electron chi connectivity index (χ0n) is 9.14. The van der Waals surface area contributed by atoms with Gasteiger partial charge in [0, 0.05) is 13.0 Å². The van der Waals surface area contributed by atoms with Crippen molar-refractivity contribution >= 4 is 40.9 Å². The van der Waals surface area contributed by atoms with Gasteiger partial charge in [0.15, 0.2) is 3.79 Å². The molecule has 0 rings (SSSR count). The van der Waals surface area contributed by atoms with E-state index >= 15 is 0 Å². The van der Waals surface area contributed by atoms with Crippen LogP contribution in [-0.4, -0.2) is 23.0 Å². The van der Waals surface area contributed by atoms with Gasteiger partial charge in [-0.25, -0.2) is 4.79 Å². The zero-order valence-corrected chi connectivity index (χ0v) is 11.4. The third-order valence-corrected chi connectivity index (χ3v) is 2.09. The van der Waals surface area contributed by atoms with Crippen LogP contribution < -0.4 is 5.32 Å². The molecule has 1 N–H and O–H groups in total. The molecule has 0 fully saturated rings. The Bertz CT molecular complexity index is 227. The van der Waals surface area contributed by atoms with Crippen molar-refractivity contribution < 1.29 is 9.53 Å². The molecule has 0 aliphatic heterocycles. The highest BCUT2D eigenvalue weighted by atomic mass is 35.6. The quantitative estimate of drug-likeness (QED) is 0.458. The Morgan fingerprint density at radius 1 is 1.38 bits per heavy atom. The molecule has 94 valence electrons. The van der Waals surface area contributed by atoms with Crippen LogP contribution in [-0.2, 0) is 4.74 Å². The summed E-state index contributed by atoms with van der Waals surface area (Å²) >= 11 is 16.6. The fraction of sp³-hybridized carbons (Fsp3) is 0.700. The molecule has 0 aliphatic rings. The molecule has 0 aliphatic carbocycles. The van der Waals surface area contributed by atoms with Gasteiger partial charge in [-0.05, 0) is 6.42 Å². The summed E-state index contributed by atoms with van der Waals surface area (Å²) < 4.78 is 3.55. The smallest absolute Gasteiger partial charge is 0.407 e. The topological polar surface area (TPSA) is 38.3 Å². The Labute approximate surface area is 111 Å². The van der Waals surface area contributed by atoms with Crippen LogP contribution in [0.5, 0.6) is 0 Å². The summed E-state index contributed by atoms with van der Waals surface area (Å²) in [4.78, 5) is 11.0. The van der Waals surface area contributed by atoms with Crippen molar-refractivity contribution in [1.29, 1.82) is 0 Å². The number of carbonyl (C=O) groups excluding carboxylic acids is 1. The van der Waals surface area contributed by atoms with E-state index in [1.165, 1.54) is 0 Å². The predicted molar refractivity (Wildman–Crippen MR) is 68.3 cm³/mol. The molecule has 0 unspecified atom stereocenters. The maximum atomic E-state index is 11.0. The van der Waals surface area contributed by atoms with Gasteiger partial charge in [-0.3, -0.25) is 0 Å². The van der Waals surface area contributed by atoms with Crippen molar-refractivity contribution in [1.82, 2.24) is 5.32 Å². The number of halogens is 3. The molecule has 0 bridgehead atoms. The van der Waals surface area contributed by atoms with Crippen molar-refractivity contribution in [2.45, 2.75) is 30.0 Å². The summed E-state index contributed by atoms with van der Waals surface area (Å²) in [5, 5.41) is 2.62. The lowest BCUT2D eigenvalue weighted by Gasteiger charge is -2.06. The third kappa shape index (κ3) is 12.0. The maximum absolute atomic E-state index is 11.0. The van der Waals surface area contributed by atoms with Crippen molar-refractivity contribution in [3.05, 3.63) is 12.2 Å². The van der Waals surface area contributed by atoms with Crippen LogP contribution in [0.4, 0.5) is 4.79 Å². The summed E-state index contributed by atoms with van der Waals surface area (Å²) in [5.41, 5.74) is 0. The highest BCUT2D eigenvalue weighted by Gasteiger charge is 2.16. The van der Waals surface area contributed by atoms with E-state index in [0.29, 0.717) is 13.0 Å². The fourth-order valence-corrected chi connectivity index (χ4v) is 1.09. The molecular weight excluding hydrogens is 272 g/mol. The van der Waals surface area contributed by atoms with Crippen molar-refractivity contribution in [2.75, 3.05) is 13.2 Å². The minimum Gasteiger partial charge on any atom is -0.445 e. The molecule has 1 amide bonds. The van der Waals surface area contributed by atoms with Gasteiger partial charge in [-0.1, -0.05) is 60.3 Å². The summed E-state index contributed by atoms with van der Waals surface area (Å²) in [5.74, 6) is 0. The van der Waals surface area contributed by atoms with E-state index in [4.69, 9.17) is 39.5 Å². The minimum atomic E-state index is -1.29. The third-order valence-electron chi connectivity index (χ3n) is 1.63. The molecule has 0 atom stereocenters. The molecule has 0 spiro atoms. The molecule has 0 aromatic heterocycles. The van der Waals surface area contributed by atoms with E-state index in [2.05, 4.69) is 5.32 Å². The number of alkyl carbamates (subject to hydrolysis) is 1. The Hall–Kier alpha value is -0.120. The van der Waals surface area contributed by atoms with Gasteiger partial charge >= 0.3 is 6.09 Å². The van der Waals surface area contributed by atoms with Gasteiger partial charge in [0.1, 0.15) is 6.61 Å². The lowest BCUT2D eigenvalue weighted by molar-refractivity contribution is 0.158. The summed E-state index contributed by atoms with van der Waals surface area (Å²) in [7, 11) is 0. The van der Waals surface area contributed by atoms with E-state index in [0.717, 1.165) is 12.8 Å². The Kier molecular flexibility index (Phi) is 8.90. The number of nitrogens with one attached hydrogen (secondary N) is 1. The summed E-state index contributed by atoms with van der Waals surface area (Å²) in [6, 6.07) is 0. The molecule has 16 heavy (non-hydrogen) atoms. The van der Waals surface area contributed by atoms with Crippen LogP contribution in [0, 0.1) is 0 Å². The second-order valence-electron chi connectivity index (χ2n) is 3.17. The van der Waals surface area contributed by atoms with Crippen molar-refractivity contribution in [3.8, 4) is 0 Å². The second kappa shape index (κ2) is 8.97. The number of hydrogen-bond donors (Lipinski definition) is 1. The van der Waals surface area contributed by atoms with Crippen LogP contribution in [0.1, 0.15) is 26.2 Å². The first-order valence-electron chi connectivity index (χ1n) is 5.08. The van der Waals surface area contributed by atoms with Crippen LogP contribution in [0.3, 0.4) is 0 Å². The van der Waals surface area contributed by atoms with E-state index in [9.17, 15) is 4.79 Å². The predicted octanol–water partition coefficient (Wildman–Crippen LogP) is 3.83. The van der Waals surface area contributed by atoms with Crippen molar-refractivity contribution in [3.63, 3.8) is 0 Å². The first-order chi connectivity index (χ1) is 7.45. The lowest BCUT2D eigenvalue weighted by atomic mass is 10.3. The normalized spacial score (nSPS) is 11.8. The number of alkyl halides is 3. The maximum Gasteiger partial charge on any atom is 0.407 e. The van der Waals surface area contributed by atoms with Gasteiger partial charge in [-0.15, -0.1) is 0 Å². The average molecular weight is 289 g/mol. The van der Waals surface area contributed by atoms with Crippen LogP contribution in [0.2, 0.25) is 0 Å². The standard InChI is InChI=1S/C10H16Cl3NO2/c1-2-3-7-14-9(15)16-8-5-4-6-10(11,12)13/h4-5H,2-3,6-8H2,1H3,(H,14,15). The molecule has 0 aromatic carbocycles. The van der Waals surface area contributed by atoms with E-state index < -0.39 is 9.89 Å². The zero-order chi connectivity index (χ0) is 12.4. The Balaban J connectivity index is 3.47. The van der Waals surface area contributed by atoms with Gasteiger partial charge in [-0.2, -0.15) is 0 Å². The van der Waals surface area contributed by atoms with E-state index in [-0.39, 0.29) is 6.61 Å². The second-order valence-corrected chi connectivity index (χ2v) is 5.69. The average Bonchev–Trinajstić information content (AvgIpc) is 2.16. The SMILES string of the molecule is CCCCNC(=O)OCC=CCC(Cl)(Cl)Cl. The largest absolute Gasteiger partial charge is 0.445 e. The number of unbranched alkanes of at least 4 members (excludes halogenated alkanes) is 1. The summed E-state index contributed by atoms with van der Waals surface area (Å²) in [6.07, 6.45) is 5.14. The molecule has 0 aromatic rings. The number of hydrogen-bond acceptors (Lipinski definition) is 2. The number of carbonyl (C=O) groups is 1. The van der Waals surface area contributed by atoms with Gasteiger partial charge in [0.05, 0.1) is 0 Å². The van der Waals surface area contributed by atoms with Gasteiger partial charge in [0.2, 0.25) is 0 Å². The molecule has 6 heteroatoms. The molecule has 3 nitrogen and oxygen atoms in total. The van der Waals surface area contributed by atoms with Crippen LogP contribution >= 0.6 is 34.8 Å². The lowest BCUT2D eigenvalue weighted by Crippen LogP contribution is -2.25. The molecule has 0 radical (unpaired) electrons. The van der Waals surface area contributed by atoms with E-state index in [1.807, 2.05) is 6.92 Å². The number of amides is 1. The number of allylic oxidation sites excluding steroid dienone is 1. The molecule has 0 heterocycles. The molecule has 0 saturated heterocycles. The minimum absolute atomic E-state index is 0.179. The monoisotopic (exact) mass is 287 g/mol. The summed E-state index contributed by atoms with van der Waals surface area (Å²) in [6.45, 7) is 2.86. The molecular formula is C10H16Cl3NO2. The number of ether oxygens (including phenoxy) is 1. The Morgan fingerprint density at radius 2 is 2.06 bits per heavy atom. The first kappa shape index (κ1) is 15.9. The highest BCUT2D eigenvalue weighted by Crippen LogP contribution is 2.30.